The minimum absolute atomic E-state index is 0.139. The second kappa shape index (κ2) is 7.34. The number of hydrogen-bond acceptors (Lipinski definition) is 1. The van der Waals surface area contributed by atoms with Gasteiger partial charge in [-0.3, -0.25) is 0 Å². The Bertz CT molecular complexity index is 634. The van der Waals surface area contributed by atoms with Gasteiger partial charge in [0.05, 0.1) is 5.02 Å². The van der Waals surface area contributed by atoms with Crippen molar-refractivity contribution in [3.63, 3.8) is 0 Å². The summed E-state index contributed by atoms with van der Waals surface area (Å²) in [7, 11) is 0. The molecule has 0 spiro atoms. The Morgan fingerprint density at radius 2 is 2.00 bits per heavy atom. The fraction of sp³-hybridized carbons (Fsp3) is 0.250. The average molecular weight is 375 g/mol. The van der Waals surface area contributed by atoms with E-state index in [1.807, 2.05) is 25.1 Å². The highest BCUT2D eigenvalue weighted by Crippen LogP contribution is 2.32. The molecule has 0 heterocycles. The molecule has 1 N–H and O–H groups in total. The Labute approximate surface area is 136 Å². The fourth-order valence-corrected chi connectivity index (χ4v) is 2.87. The molecule has 5 heteroatoms. The van der Waals surface area contributed by atoms with E-state index in [0.717, 1.165) is 22.6 Å². The highest BCUT2D eigenvalue weighted by atomic mass is 79.9. The number of nitrogens with one attached hydrogen (secondary N) is 1. The SMILES string of the molecule is CCNC(Cc1ccc(F)cc1F)c1cccc(Br)c1Cl. The number of benzene rings is 2. The maximum Gasteiger partial charge on any atom is 0.129 e. The third kappa shape index (κ3) is 4.02. The maximum atomic E-state index is 13.8. The molecular formula is C16H15BrClF2N. The second-order valence-electron chi connectivity index (χ2n) is 4.69. The fourth-order valence-electron chi connectivity index (χ4n) is 2.24. The summed E-state index contributed by atoms with van der Waals surface area (Å²) in [6.07, 6.45) is 0.399. The van der Waals surface area contributed by atoms with Crippen LogP contribution in [0.2, 0.25) is 5.02 Å². The first-order chi connectivity index (χ1) is 10.0. The van der Waals surface area contributed by atoms with Gasteiger partial charge in [-0.25, -0.2) is 8.78 Å². The van der Waals surface area contributed by atoms with Crippen LogP contribution < -0.4 is 5.32 Å². The van der Waals surface area contributed by atoms with Crippen molar-refractivity contribution in [2.45, 2.75) is 19.4 Å². The Hall–Kier alpha value is -0.970. The van der Waals surface area contributed by atoms with E-state index < -0.39 is 11.6 Å². The number of likely N-dealkylation sites (N-methyl/N-ethyl adjacent to an activating group) is 1. The summed E-state index contributed by atoms with van der Waals surface area (Å²) in [5, 5.41) is 3.89. The third-order valence-corrected chi connectivity index (χ3v) is 4.56. The van der Waals surface area contributed by atoms with Crippen LogP contribution in [0.25, 0.3) is 0 Å². The lowest BCUT2D eigenvalue weighted by Crippen LogP contribution is -2.23. The van der Waals surface area contributed by atoms with Gasteiger partial charge in [-0.05, 0) is 52.2 Å². The molecule has 2 rings (SSSR count). The van der Waals surface area contributed by atoms with E-state index in [0.29, 0.717) is 17.0 Å². The largest absolute Gasteiger partial charge is 0.310 e. The minimum atomic E-state index is -0.572. The molecule has 1 nitrogen and oxygen atoms in total. The highest BCUT2D eigenvalue weighted by Gasteiger charge is 2.17. The van der Waals surface area contributed by atoms with Crippen molar-refractivity contribution in [3.8, 4) is 0 Å². The standard InChI is InChI=1S/C16H15BrClF2N/c1-2-21-15(12-4-3-5-13(17)16(12)18)8-10-6-7-11(19)9-14(10)20/h3-7,9,15,21H,2,8H2,1H3. The Kier molecular flexibility index (Phi) is 5.73. The Morgan fingerprint density at radius 1 is 1.24 bits per heavy atom. The van der Waals surface area contributed by atoms with E-state index in [1.165, 1.54) is 12.1 Å². The zero-order valence-corrected chi connectivity index (χ0v) is 13.8. The Balaban J connectivity index is 2.33. The quantitative estimate of drug-likeness (QED) is 0.751. The highest BCUT2D eigenvalue weighted by molar-refractivity contribution is 9.10. The van der Waals surface area contributed by atoms with Crippen molar-refractivity contribution >= 4 is 27.5 Å². The second-order valence-corrected chi connectivity index (χ2v) is 5.93. The van der Waals surface area contributed by atoms with Crippen molar-refractivity contribution in [2.75, 3.05) is 6.54 Å². The molecule has 0 aromatic heterocycles. The van der Waals surface area contributed by atoms with Gasteiger partial charge in [0.1, 0.15) is 11.6 Å². The minimum Gasteiger partial charge on any atom is -0.310 e. The molecule has 0 aliphatic carbocycles. The summed E-state index contributed by atoms with van der Waals surface area (Å²) in [5.74, 6) is -1.11. The first-order valence-electron chi connectivity index (χ1n) is 6.64. The molecule has 0 saturated carbocycles. The lowest BCUT2D eigenvalue weighted by Gasteiger charge is -2.20. The van der Waals surface area contributed by atoms with Gasteiger partial charge in [0.15, 0.2) is 0 Å². The molecule has 0 fully saturated rings. The molecule has 0 amide bonds. The first kappa shape index (κ1) is 16.4. The van der Waals surface area contributed by atoms with Crippen molar-refractivity contribution in [2.24, 2.45) is 0 Å². The van der Waals surface area contributed by atoms with Crippen molar-refractivity contribution in [1.82, 2.24) is 5.32 Å². The smallest absolute Gasteiger partial charge is 0.129 e. The zero-order valence-electron chi connectivity index (χ0n) is 11.5. The summed E-state index contributed by atoms with van der Waals surface area (Å²) >= 11 is 9.71. The third-order valence-electron chi connectivity index (χ3n) is 3.25. The molecule has 0 bridgehead atoms. The monoisotopic (exact) mass is 373 g/mol. The van der Waals surface area contributed by atoms with Crippen LogP contribution in [0.3, 0.4) is 0 Å². The molecule has 2 aromatic rings. The van der Waals surface area contributed by atoms with Crippen molar-refractivity contribution < 1.29 is 8.78 Å². The molecule has 2 aromatic carbocycles. The molecule has 0 aliphatic heterocycles. The maximum absolute atomic E-state index is 13.8. The molecule has 112 valence electrons. The summed E-state index contributed by atoms with van der Waals surface area (Å²) in [4.78, 5) is 0. The summed E-state index contributed by atoms with van der Waals surface area (Å²) in [6.45, 7) is 2.69. The van der Waals surface area contributed by atoms with Crippen LogP contribution in [0.4, 0.5) is 8.78 Å². The van der Waals surface area contributed by atoms with E-state index in [1.54, 1.807) is 0 Å². The predicted octanol–water partition coefficient (Wildman–Crippen LogP) is 5.27. The van der Waals surface area contributed by atoms with Gasteiger partial charge in [0.2, 0.25) is 0 Å². The lowest BCUT2D eigenvalue weighted by molar-refractivity contribution is 0.521. The van der Waals surface area contributed by atoms with Crippen LogP contribution in [0.15, 0.2) is 40.9 Å². The first-order valence-corrected chi connectivity index (χ1v) is 7.81. The molecule has 1 unspecified atom stereocenters. The molecule has 0 saturated heterocycles. The van der Waals surface area contributed by atoms with Gasteiger partial charge in [0, 0.05) is 16.6 Å². The van der Waals surface area contributed by atoms with Crippen molar-refractivity contribution in [1.29, 1.82) is 0 Å². The molecular weight excluding hydrogens is 360 g/mol. The van der Waals surface area contributed by atoms with Gasteiger partial charge < -0.3 is 5.32 Å². The van der Waals surface area contributed by atoms with E-state index in [4.69, 9.17) is 11.6 Å². The molecule has 0 aliphatic rings. The molecule has 21 heavy (non-hydrogen) atoms. The zero-order chi connectivity index (χ0) is 15.4. The van der Waals surface area contributed by atoms with Crippen LogP contribution in [0.5, 0.6) is 0 Å². The van der Waals surface area contributed by atoms with Crippen molar-refractivity contribution in [3.05, 3.63) is 68.7 Å². The summed E-state index contributed by atoms with van der Waals surface area (Å²) in [6, 6.07) is 9.15. The van der Waals surface area contributed by atoms with Gasteiger partial charge in [-0.2, -0.15) is 0 Å². The summed E-state index contributed by atoms with van der Waals surface area (Å²) < 4.78 is 27.6. The number of halogens is 4. The lowest BCUT2D eigenvalue weighted by atomic mass is 9.98. The normalized spacial score (nSPS) is 12.4. The van der Waals surface area contributed by atoms with E-state index >= 15 is 0 Å². The van der Waals surface area contributed by atoms with E-state index in [9.17, 15) is 8.78 Å². The van der Waals surface area contributed by atoms with E-state index in [-0.39, 0.29) is 6.04 Å². The molecule has 1 atom stereocenters. The number of hydrogen-bond donors (Lipinski definition) is 1. The topological polar surface area (TPSA) is 12.0 Å². The van der Waals surface area contributed by atoms with Crippen LogP contribution in [0.1, 0.15) is 24.1 Å². The van der Waals surface area contributed by atoms with Gasteiger partial charge in [-0.15, -0.1) is 0 Å². The van der Waals surface area contributed by atoms with Crippen LogP contribution in [-0.4, -0.2) is 6.54 Å². The van der Waals surface area contributed by atoms with Crippen LogP contribution in [0, 0.1) is 11.6 Å². The summed E-state index contributed by atoms with van der Waals surface area (Å²) in [5.41, 5.74) is 1.34. The Morgan fingerprint density at radius 3 is 2.67 bits per heavy atom. The average Bonchev–Trinajstić information content (AvgIpc) is 2.44. The van der Waals surface area contributed by atoms with Gasteiger partial charge >= 0.3 is 0 Å². The number of rotatable bonds is 5. The molecule has 0 radical (unpaired) electrons. The van der Waals surface area contributed by atoms with Crippen LogP contribution in [-0.2, 0) is 6.42 Å². The predicted molar refractivity (Wildman–Crippen MR) is 85.6 cm³/mol. The van der Waals surface area contributed by atoms with Gasteiger partial charge in [-0.1, -0.05) is 36.7 Å². The van der Waals surface area contributed by atoms with Crippen LogP contribution >= 0.6 is 27.5 Å². The van der Waals surface area contributed by atoms with Gasteiger partial charge in [0.25, 0.3) is 0 Å². The van der Waals surface area contributed by atoms with E-state index in [2.05, 4.69) is 21.2 Å².